The molecule has 7 heteroatoms. The van der Waals surface area contributed by atoms with Crippen LogP contribution in [-0.2, 0) is 9.59 Å². The van der Waals surface area contributed by atoms with Gasteiger partial charge in [0.2, 0.25) is 0 Å². The average Bonchev–Trinajstić information content (AvgIpc) is 3.15. The number of hydrogen-bond acceptors (Lipinski definition) is 5. The summed E-state index contributed by atoms with van der Waals surface area (Å²) in [5.74, 6) is -1.47. The van der Waals surface area contributed by atoms with Crippen LogP contribution in [0.15, 0.2) is 72.3 Å². The third-order valence-electron chi connectivity index (χ3n) is 6.51. The zero-order valence-corrected chi connectivity index (χ0v) is 21.5. The van der Waals surface area contributed by atoms with Crippen molar-refractivity contribution in [3.8, 4) is 5.75 Å². The molecule has 1 heterocycles. The van der Waals surface area contributed by atoms with E-state index in [0.29, 0.717) is 22.0 Å². The van der Waals surface area contributed by atoms with E-state index in [2.05, 4.69) is 18.7 Å². The number of hydrogen-bond donors (Lipinski definition) is 1. The zero-order valence-electron chi connectivity index (χ0n) is 20.8. The molecule has 0 aromatic heterocycles. The van der Waals surface area contributed by atoms with E-state index in [-0.39, 0.29) is 16.9 Å². The van der Waals surface area contributed by atoms with E-state index in [0.717, 1.165) is 24.3 Å². The van der Waals surface area contributed by atoms with Crippen molar-refractivity contribution in [3.63, 3.8) is 0 Å². The van der Waals surface area contributed by atoms with Crippen molar-refractivity contribution in [2.45, 2.75) is 26.8 Å². The molecule has 0 radical (unpaired) electrons. The van der Waals surface area contributed by atoms with E-state index in [4.69, 9.17) is 16.3 Å². The fourth-order valence-corrected chi connectivity index (χ4v) is 4.76. The fourth-order valence-electron chi connectivity index (χ4n) is 4.59. The molecule has 1 aliphatic heterocycles. The Balaban J connectivity index is 1.93. The minimum atomic E-state index is -0.831. The van der Waals surface area contributed by atoms with Crippen molar-refractivity contribution < 1.29 is 19.4 Å². The molecule has 1 N–H and O–H groups in total. The highest BCUT2D eigenvalue weighted by molar-refractivity contribution is 6.51. The van der Waals surface area contributed by atoms with Gasteiger partial charge in [-0.25, -0.2) is 0 Å². The molecule has 0 saturated carbocycles. The summed E-state index contributed by atoms with van der Waals surface area (Å²) in [6, 6.07) is 19.0. The third-order valence-corrected chi connectivity index (χ3v) is 6.75. The molecule has 3 aromatic rings. The Kier molecular flexibility index (Phi) is 7.36. The maximum atomic E-state index is 13.4. The van der Waals surface area contributed by atoms with Gasteiger partial charge < -0.3 is 14.7 Å². The molecule has 1 fully saturated rings. The first-order valence-corrected chi connectivity index (χ1v) is 12.2. The maximum Gasteiger partial charge on any atom is 0.300 e. The highest BCUT2D eigenvalue weighted by atomic mass is 35.5. The third kappa shape index (κ3) is 4.56. The number of halogens is 1. The lowest BCUT2D eigenvalue weighted by molar-refractivity contribution is -0.132. The Morgan fingerprint density at radius 1 is 1.00 bits per heavy atom. The summed E-state index contributed by atoms with van der Waals surface area (Å²) in [5.41, 5.74) is 3.56. The van der Waals surface area contributed by atoms with Gasteiger partial charge in [-0.1, -0.05) is 41.4 Å². The van der Waals surface area contributed by atoms with Crippen molar-refractivity contribution in [2.75, 3.05) is 30.0 Å². The summed E-state index contributed by atoms with van der Waals surface area (Å²) in [6.07, 6.45) is 0. The molecule has 0 bridgehead atoms. The smallest absolute Gasteiger partial charge is 0.300 e. The summed E-state index contributed by atoms with van der Waals surface area (Å²) in [6.45, 7) is 7.83. The standard InChI is InChI=1S/C29H29ClN2O4/c1-5-31(6-2)21-14-9-19(10-15-21)26-25(27(33)23-17-20(30)11-16-24(23)36-4)28(34)29(35)32(26)22-12-7-18(3)8-13-22/h7-17,26,33H,5-6H2,1-4H3/b27-25+. The summed E-state index contributed by atoms with van der Waals surface area (Å²) >= 11 is 6.20. The van der Waals surface area contributed by atoms with Gasteiger partial charge in [0, 0.05) is 29.5 Å². The van der Waals surface area contributed by atoms with Crippen molar-refractivity contribution in [3.05, 3.63) is 94.0 Å². The Morgan fingerprint density at radius 3 is 2.22 bits per heavy atom. The summed E-state index contributed by atoms with van der Waals surface area (Å²) < 4.78 is 5.41. The van der Waals surface area contributed by atoms with Crippen LogP contribution in [0.1, 0.15) is 36.6 Å². The minimum absolute atomic E-state index is 0.0169. The minimum Gasteiger partial charge on any atom is -0.507 e. The number of amides is 1. The van der Waals surface area contributed by atoms with Crippen LogP contribution in [0.25, 0.3) is 5.76 Å². The molecule has 4 rings (SSSR count). The normalized spacial score (nSPS) is 16.9. The molecule has 3 aromatic carbocycles. The van der Waals surface area contributed by atoms with Gasteiger partial charge in [-0.2, -0.15) is 0 Å². The number of anilines is 2. The molecule has 1 saturated heterocycles. The number of aliphatic hydroxyl groups excluding tert-OH is 1. The summed E-state index contributed by atoms with van der Waals surface area (Å²) in [7, 11) is 1.47. The number of aliphatic hydroxyl groups is 1. The number of methoxy groups -OCH3 is 1. The Morgan fingerprint density at radius 2 is 1.64 bits per heavy atom. The van der Waals surface area contributed by atoms with E-state index >= 15 is 0 Å². The van der Waals surface area contributed by atoms with E-state index in [1.807, 2.05) is 43.3 Å². The number of ether oxygens (including phenoxy) is 1. The van der Waals surface area contributed by atoms with Gasteiger partial charge in [0.1, 0.15) is 11.5 Å². The van der Waals surface area contributed by atoms with Gasteiger partial charge >= 0.3 is 0 Å². The number of rotatable bonds is 7. The number of aryl methyl sites for hydroxylation is 1. The molecule has 1 unspecified atom stereocenters. The number of carbonyl (C=O) groups excluding carboxylic acids is 2. The van der Waals surface area contributed by atoms with Crippen LogP contribution in [0.2, 0.25) is 5.02 Å². The van der Waals surface area contributed by atoms with Crippen LogP contribution >= 0.6 is 11.6 Å². The predicted octanol–water partition coefficient (Wildman–Crippen LogP) is 6.13. The van der Waals surface area contributed by atoms with Crippen molar-refractivity contribution in [1.29, 1.82) is 0 Å². The number of benzene rings is 3. The highest BCUT2D eigenvalue weighted by Gasteiger charge is 2.47. The predicted molar refractivity (Wildman–Crippen MR) is 144 cm³/mol. The van der Waals surface area contributed by atoms with E-state index in [9.17, 15) is 14.7 Å². The molecule has 1 atom stereocenters. The van der Waals surface area contributed by atoms with E-state index in [1.165, 1.54) is 18.1 Å². The lowest BCUT2D eigenvalue weighted by Gasteiger charge is -2.27. The van der Waals surface area contributed by atoms with Crippen molar-refractivity contribution >= 4 is 40.4 Å². The number of Topliss-reactive ketones (excluding diaryl/α,β-unsaturated/α-hetero) is 1. The molecule has 1 amide bonds. The van der Waals surface area contributed by atoms with Gasteiger partial charge in [-0.3, -0.25) is 14.5 Å². The quantitative estimate of drug-likeness (QED) is 0.238. The molecule has 6 nitrogen and oxygen atoms in total. The van der Waals surface area contributed by atoms with Crippen LogP contribution in [0, 0.1) is 6.92 Å². The molecular weight excluding hydrogens is 476 g/mol. The zero-order chi connectivity index (χ0) is 26.0. The maximum absolute atomic E-state index is 13.4. The van der Waals surface area contributed by atoms with E-state index < -0.39 is 17.7 Å². The van der Waals surface area contributed by atoms with Crippen molar-refractivity contribution in [1.82, 2.24) is 0 Å². The molecule has 0 spiro atoms. The SMILES string of the molecule is CCN(CC)c1ccc(C2/C(=C(\O)c3cc(Cl)ccc3OC)C(=O)C(=O)N2c2ccc(C)cc2)cc1. The van der Waals surface area contributed by atoms with Crippen LogP contribution in [-0.4, -0.2) is 37.0 Å². The second-order valence-electron chi connectivity index (χ2n) is 8.61. The van der Waals surface area contributed by atoms with Gasteiger partial charge in [0.05, 0.1) is 24.3 Å². The second kappa shape index (κ2) is 10.5. The lowest BCUT2D eigenvalue weighted by Crippen LogP contribution is -2.29. The van der Waals surface area contributed by atoms with Crippen LogP contribution in [0.3, 0.4) is 0 Å². The number of nitrogens with zero attached hydrogens (tertiary/aromatic N) is 2. The van der Waals surface area contributed by atoms with Gasteiger partial charge in [0.25, 0.3) is 11.7 Å². The largest absolute Gasteiger partial charge is 0.507 e. The average molecular weight is 505 g/mol. The van der Waals surface area contributed by atoms with Gasteiger partial charge in [0.15, 0.2) is 0 Å². The Bertz CT molecular complexity index is 1310. The van der Waals surface area contributed by atoms with Gasteiger partial charge in [-0.05, 0) is 68.8 Å². The first kappa shape index (κ1) is 25.3. The highest BCUT2D eigenvalue weighted by Crippen LogP contribution is 2.44. The molecule has 36 heavy (non-hydrogen) atoms. The Hall–Kier alpha value is -3.77. The van der Waals surface area contributed by atoms with Crippen LogP contribution < -0.4 is 14.5 Å². The molecule has 186 valence electrons. The van der Waals surface area contributed by atoms with Crippen LogP contribution in [0.4, 0.5) is 11.4 Å². The summed E-state index contributed by atoms with van der Waals surface area (Å²) in [4.78, 5) is 30.4. The second-order valence-corrected chi connectivity index (χ2v) is 9.05. The molecular formula is C29H29ClN2O4. The topological polar surface area (TPSA) is 70.1 Å². The number of carbonyl (C=O) groups is 2. The first-order chi connectivity index (χ1) is 17.3. The van der Waals surface area contributed by atoms with E-state index in [1.54, 1.807) is 24.3 Å². The molecule has 0 aliphatic carbocycles. The summed E-state index contributed by atoms with van der Waals surface area (Å²) in [5, 5.41) is 11.8. The van der Waals surface area contributed by atoms with Crippen molar-refractivity contribution in [2.24, 2.45) is 0 Å². The number of ketones is 1. The first-order valence-electron chi connectivity index (χ1n) is 11.9. The molecule has 1 aliphatic rings. The van der Waals surface area contributed by atoms with Crippen LogP contribution in [0.5, 0.6) is 5.75 Å². The fraction of sp³-hybridized carbons (Fsp3) is 0.241. The Labute approximate surface area is 216 Å². The van der Waals surface area contributed by atoms with Gasteiger partial charge in [-0.15, -0.1) is 0 Å². The monoisotopic (exact) mass is 504 g/mol. The lowest BCUT2D eigenvalue weighted by atomic mass is 9.94.